The third kappa shape index (κ3) is 5.38. The molecule has 1 heterocycles. The maximum atomic E-state index is 12.5. The van der Waals surface area contributed by atoms with Crippen LogP contribution in [0.4, 0.5) is 4.39 Å². The minimum absolute atomic E-state index is 0.233. The topological polar surface area (TPSA) is 17.8 Å². The predicted octanol–water partition coefficient (Wildman–Crippen LogP) is 7.82. The van der Waals surface area contributed by atoms with Crippen LogP contribution in [0.2, 0.25) is 0 Å². The number of fused-ring (bicyclic) bond motifs is 2. The van der Waals surface area contributed by atoms with Gasteiger partial charge in [-0.05, 0) is 93.9 Å². The number of allylic oxidation sites excluding steroid dienone is 5. The van der Waals surface area contributed by atoms with Crippen LogP contribution in [0.15, 0.2) is 59.8 Å². The second-order valence-electron chi connectivity index (χ2n) is 9.47. The van der Waals surface area contributed by atoms with E-state index in [2.05, 4.69) is 80.9 Å². The van der Waals surface area contributed by atoms with Gasteiger partial charge < -0.3 is 0 Å². The maximum absolute atomic E-state index is 12.5. The number of benzene rings is 1. The first-order chi connectivity index (χ1) is 16.0. The molecular weight excluding hydrogens is 407 g/mol. The van der Waals surface area contributed by atoms with Gasteiger partial charge in [0.15, 0.2) is 0 Å². The Kier molecular flexibility index (Phi) is 8.50. The largest absolute Gasteiger partial charge is 0.247 e. The van der Waals surface area contributed by atoms with Crippen molar-refractivity contribution in [3.05, 3.63) is 76.7 Å². The SMILES string of the molecule is C#C.C/C=C(\C=C/CF)CCCC1CCCC2=Cc3c(cnn3-c3ccc(C)cc3)CC21C. The second kappa shape index (κ2) is 11.3. The highest BCUT2D eigenvalue weighted by molar-refractivity contribution is 5.61. The summed E-state index contributed by atoms with van der Waals surface area (Å²) in [5.74, 6) is 0.701. The molecule has 0 saturated heterocycles. The van der Waals surface area contributed by atoms with Crippen molar-refractivity contribution >= 4 is 6.08 Å². The lowest BCUT2D eigenvalue weighted by molar-refractivity contribution is 0.167. The van der Waals surface area contributed by atoms with Crippen molar-refractivity contribution in [3.63, 3.8) is 0 Å². The molecule has 0 amide bonds. The second-order valence-corrected chi connectivity index (χ2v) is 9.47. The summed E-state index contributed by atoms with van der Waals surface area (Å²) >= 11 is 0. The van der Waals surface area contributed by atoms with E-state index < -0.39 is 0 Å². The van der Waals surface area contributed by atoms with Gasteiger partial charge in [0.05, 0.1) is 17.6 Å². The van der Waals surface area contributed by atoms with Gasteiger partial charge in [-0.2, -0.15) is 5.10 Å². The molecule has 0 spiro atoms. The lowest BCUT2D eigenvalue weighted by atomic mass is 9.58. The molecule has 1 aromatic carbocycles. The minimum atomic E-state index is -0.384. The summed E-state index contributed by atoms with van der Waals surface area (Å²) in [7, 11) is 0. The molecule has 2 nitrogen and oxygen atoms in total. The van der Waals surface area contributed by atoms with Crippen LogP contribution in [0.25, 0.3) is 11.8 Å². The molecule has 2 aliphatic rings. The average molecular weight is 445 g/mol. The molecule has 0 aliphatic heterocycles. The molecule has 3 heteroatoms. The number of hydrogen-bond donors (Lipinski definition) is 0. The summed E-state index contributed by atoms with van der Waals surface area (Å²) in [6.45, 7) is 6.27. The fourth-order valence-electron chi connectivity index (χ4n) is 5.57. The molecule has 2 unspecified atom stereocenters. The van der Waals surface area contributed by atoms with Crippen LogP contribution in [-0.2, 0) is 6.42 Å². The Morgan fingerprint density at radius 1 is 1.27 bits per heavy atom. The van der Waals surface area contributed by atoms with E-state index in [1.807, 2.05) is 6.08 Å². The number of aromatic nitrogens is 2. The number of rotatable bonds is 7. The minimum Gasteiger partial charge on any atom is -0.247 e. The molecule has 1 fully saturated rings. The summed E-state index contributed by atoms with van der Waals surface area (Å²) in [5.41, 5.74) is 8.14. The van der Waals surface area contributed by atoms with Crippen LogP contribution in [0.5, 0.6) is 0 Å². The van der Waals surface area contributed by atoms with Crippen molar-refractivity contribution in [2.24, 2.45) is 11.3 Å². The van der Waals surface area contributed by atoms with Crippen LogP contribution < -0.4 is 0 Å². The van der Waals surface area contributed by atoms with E-state index in [0.717, 1.165) is 18.5 Å². The normalized spacial score (nSPS) is 22.2. The first-order valence-electron chi connectivity index (χ1n) is 12.1. The molecule has 2 aliphatic carbocycles. The summed E-state index contributed by atoms with van der Waals surface area (Å²) in [6.07, 6.45) is 26.5. The van der Waals surface area contributed by atoms with E-state index in [-0.39, 0.29) is 12.1 Å². The molecular formula is C30H37FN2. The fraction of sp³-hybridized carbons (Fsp3) is 0.433. The highest BCUT2D eigenvalue weighted by atomic mass is 19.1. The Morgan fingerprint density at radius 2 is 2.03 bits per heavy atom. The fourth-order valence-corrected chi connectivity index (χ4v) is 5.57. The van der Waals surface area contributed by atoms with E-state index in [0.29, 0.717) is 5.92 Å². The zero-order valence-electron chi connectivity index (χ0n) is 20.4. The van der Waals surface area contributed by atoms with Crippen molar-refractivity contribution in [3.8, 4) is 18.5 Å². The Morgan fingerprint density at radius 3 is 2.73 bits per heavy atom. The number of nitrogens with zero attached hydrogens (tertiary/aromatic N) is 2. The Labute approximate surface area is 199 Å². The number of halogens is 1. The van der Waals surface area contributed by atoms with Crippen molar-refractivity contribution < 1.29 is 4.39 Å². The third-order valence-electron chi connectivity index (χ3n) is 7.48. The van der Waals surface area contributed by atoms with Crippen molar-refractivity contribution in [2.75, 3.05) is 6.67 Å². The predicted molar refractivity (Wildman–Crippen MR) is 138 cm³/mol. The molecule has 1 aromatic heterocycles. The molecule has 0 bridgehead atoms. The summed E-state index contributed by atoms with van der Waals surface area (Å²) in [5, 5.41) is 4.76. The molecule has 0 radical (unpaired) electrons. The first kappa shape index (κ1) is 24.8. The molecule has 0 N–H and O–H groups in total. The molecule has 4 rings (SSSR count). The smallest absolute Gasteiger partial charge is 0.108 e. The maximum Gasteiger partial charge on any atom is 0.108 e. The van der Waals surface area contributed by atoms with Crippen LogP contribution in [0.3, 0.4) is 0 Å². The van der Waals surface area contributed by atoms with Crippen LogP contribution in [0, 0.1) is 31.1 Å². The van der Waals surface area contributed by atoms with Crippen molar-refractivity contribution in [2.45, 2.75) is 65.7 Å². The van der Waals surface area contributed by atoms with Gasteiger partial charge in [0, 0.05) is 0 Å². The Balaban J connectivity index is 0.00000149. The van der Waals surface area contributed by atoms with Gasteiger partial charge in [0.2, 0.25) is 0 Å². The molecule has 2 atom stereocenters. The molecule has 1 saturated carbocycles. The van der Waals surface area contributed by atoms with Gasteiger partial charge in [-0.15, -0.1) is 12.8 Å². The van der Waals surface area contributed by atoms with Gasteiger partial charge in [0.25, 0.3) is 0 Å². The quantitative estimate of drug-likeness (QED) is 0.314. The first-order valence-corrected chi connectivity index (χ1v) is 12.1. The van der Waals surface area contributed by atoms with Gasteiger partial charge in [-0.1, -0.05) is 54.0 Å². The average Bonchev–Trinajstić information content (AvgIpc) is 3.23. The Hall–Kier alpha value is -2.86. The number of hydrogen-bond acceptors (Lipinski definition) is 1. The van der Waals surface area contributed by atoms with E-state index in [1.54, 1.807) is 11.6 Å². The van der Waals surface area contributed by atoms with Gasteiger partial charge >= 0.3 is 0 Å². The Bertz CT molecular complexity index is 1030. The lowest BCUT2D eigenvalue weighted by Crippen LogP contribution is -2.37. The summed E-state index contributed by atoms with van der Waals surface area (Å²) < 4.78 is 14.6. The van der Waals surface area contributed by atoms with Gasteiger partial charge in [0.1, 0.15) is 6.67 Å². The zero-order valence-corrected chi connectivity index (χ0v) is 20.4. The van der Waals surface area contributed by atoms with Gasteiger partial charge in [-0.25, -0.2) is 9.07 Å². The molecule has 2 aromatic rings. The monoisotopic (exact) mass is 444 g/mol. The lowest BCUT2D eigenvalue weighted by Gasteiger charge is -2.46. The van der Waals surface area contributed by atoms with E-state index in [1.165, 1.54) is 54.5 Å². The summed E-state index contributed by atoms with van der Waals surface area (Å²) in [6, 6.07) is 8.63. The molecule has 33 heavy (non-hydrogen) atoms. The van der Waals surface area contributed by atoms with Crippen LogP contribution in [0.1, 0.15) is 69.2 Å². The number of alkyl halides is 1. The van der Waals surface area contributed by atoms with E-state index in [4.69, 9.17) is 5.10 Å². The number of terminal acetylenes is 1. The summed E-state index contributed by atoms with van der Waals surface area (Å²) in [4.78, 5) is 0. The highest BCUT2D eigenvalue weighted by Gasteiger charge is 2.42. The number of aryl methyl sites for hydroxylation is 1. The van der Waals surface area contributed by atoms with E-state index >= 15 is 0 Å². The van der Waals surface area contributed by atoms with Crippen molar-refractivity contribution in [1.82, 2.24) is 9.78 Å². The highest BCUT2D eigenvalue weighted by Crippen LogP contribution is 2.52. The zero-order chi connectivity index (χ0) is 23.8. The standard InChI is InChI=1S/C28H35FN2.C2H2/c1-4-22(9-7-17-29)8-5-10-24-11-6-12-25-18-27-23(19-28(24,25)3)20-30-31(27)26-15-13-21(2)14-16-26;1-2/h4,7,9,13-16,18,20,24H,5-6,8,10-12,17,19H2,1-3H3;1-2H/b9-7-,22-4-;. The molecule has 174 valence electrons. The van der Waals surface area contributed by atoms with Crippen molar-refractivity contribution in [1.29, 1.82) is 0 Å². The van der Waals surface area contributed by atoms with E-state index in [9.17, 15) is 4.39 Å². The van der Waals surface area contributed by atoms with Crippen LogP contribution in [-0.4, -0.2) is 16.5 Å². The van der Waals surface area contributed by atoms with Crippen LogP contribution >= 0.6 is 0 Å². The third-order valence-corrected chi connectivity index (χ3v) is 7.48. The van der Waals surface area contributed by atoms with Gasteiger partial charge in [-0.3, -0.25) is 0 Å².